The highest BCUT2D eigenvalue weighted by molar-refractivity contribution is 6.62. The van der Waals surface area contributed by atoms with E-state index < -0.39 is 8.80 Å². The van der Waals surface area contributed by atoms with Crippen molar-refractivity contribution in [1.29, 1.82) is 0 Å². The lowest BCUT2D eigenvalue weighted by Crippen LogP contribution is -2.46. The van der Waals surface area contributed by atoms with Gasteiger partial charge in [0.2, 0.25) is 0 Å². The van der Waals surface area contributed by atoms with E-state index >= 15 is 0 Å². The first kappa shape index (κ1) is 22.8. The first-order valence-corrected chi connectivity index (χ1v) is 11.0. The van der Waals surface area contributed by atoms with E-state index in [2.05, 4.69) is 25.8 Å². The monoisotopic (exact) mass is 345 g/mol. The van der Waals surface area contributed by atoms with Gasteiger partial charge in [-0.1, -0.05) is 52.4 Å². The zero-order valence-corrected chi connectivity index (χ0v) is 17.3. The van der Waals surface area contributed by atoms with Crippen molar-refractivity contribution in [3.63, 3.8) is 0 Å². The Morgan fingerprint density at radius 2 is 1.43 bits per heavy atom. The average molecular weight is 346 g/mol. The Hall–Kier alpha value is -0.233. The second-order valence-corrected chi connectivity index (χ2v) is 9.81. The maximum atomic E-state index is 5.54. The molecule has 0 aliphatic heterocycles. The van der Waals surface area contributed by atoms with Gasteiger partial charge in [-0.2, -0.15) is 0 Å². The predicted molar refractivity (Wildman–Crippen MR) is 101 cm³/mol. The molecule has 0 fully saturated rings. The fourth-order valence-corrected chi connectivity index (χ4v) is 5.28. The molecule has 1 atom stereocenters. The first-order valence-electron chi connectivity index (χ1n) is 9.21. The molecule has 23 heavy (non-hydrogen) atoms. The second-order valence-electron chi connectivity index (χ2n) is 6.39. The summed E-state index contributed by atoms with van der Waals surface area (Å²) in [6.07, 6.45) is 11.1. The van der Waals surface area contributed by atoms with Crippen molar-refractivity contribution in [2.24, 2.45) is 4.99 Å². The summed E-state index contributed by atoms with van der Waals surface area (Å²) in [6, 6.07) is 0. The lowest BCUT2D eigenvalue weighted by atomic mass is 10.1. The number of nitrogens with zero attached hydrogens (tertiary/aromatic N) is 1. The van der Waals surface area contributed by atoms with Crippen LogP contribution in [0.3, 0.4) is 0 Å². The van der Waals surface area contributed by atoms with Gasteiger partial charge in [-0.05, 0) is 26.2 Å². The van der Waals surface area contributed by atoms with Crippen molar-refractivity contribution in [3.8, 4) is 0 Å². The van der Waals surface area contributed by atoms with Gasteiger partial charge >= 0.3 is 8.80 Å². The number of rotatable bonds is 15. The highest BCUT2D eigenvalue weighted by Crippen LogP contribution is 2.29. The van der Waals surface area contributed by atoms with Crippen LogP contribution in [-0.2, 0) is 13.3 Å². The van der Waals surface area contributed by atoms with E-state index in [9.17, 15) is 0 Å². The standard InChI is InChI=1S/C18H39NO3Si/c1-7-14-17(2)19-16-13-11-9-8-10-12-15-18(3)23(20-4,21-5)22-6/h18H,7-16H2,1-6H3. The predicted octanol–water partition coefficient (Wildman–Crippen LogP) is 5.25. The van der Waals surface area contributed by atoms with Crippen molar-refractivity contribution in [2.75, 3.05) is 27.9 Å². The Morgan fingerprint density at radius 3 is 1.96 bits per heavy atom. The lowest BCUT2D eigenvalue weighted by molar-refractivity contribution is 0.111. The highest BCUT2D eigenvalue weighted by Gasteiger charge is 2.43. The Morgan fingerprint density at radius 1 is 0.913 bits per heavy atom. The maximum Gasteiger partial charge on any atom is 0.503 e. The van der Waals surface area contributed by atoms with E-state index in [1.807, 2.05) is 0 Å². The molecule has 0 aliphatic carbocycles. The molecule has 0 N–H and O–H groups in total. The molecule has 4 nitrogen and oxygen atoms in total. The Kier molecular flexibility index (Phi) is 14.0. The summed E-state index contributed by atoms with van der Waals surface area (Å²) in [5.74, 6) is 0. The van der Waals surface area contributed by atoms with Crippen LogP contribution in [0.15, 0.2) is 4.99 Å². The van der Waals surface area contributed by atoms with Crippen LogP contribution in [0.2, 0.25) is 5.54 Å². The molecule has 0 radical (unpaired) electrons. The third kappa shape index (κ3) is 9.60. The molecule has 0 amide bonds. The minimum absolute atomic E-state index is 0.360. The molecule has 0 aliphatic rings. The molecule has 0 saturated carbocycles. The molecule has 0 rings (SSSR count). The molecule has 0 aromatic heterocycles. The van der Waals surface area contributed by atoms with Crippen molar-refractivity contribution >= 4 is 14.5 Å². The van der Waals surface area contributed by atoms with Crippen LogP contribution in [0, 0.1) is 0 Å². The smallest absolute Gasteiger partial charge is 0.377 e. The summed E-state index contributed by atoms with van der Waals surface area (Å²) in [5.41, 5.74) is 1.67. The van der Waals surface area contributed by atoms with Gasteiger partial charge in [0.05, 0.1) is 0 Å². The van der Waals surface area contributed by atoms with E-state index in [4.69, 9.17) is 13.3 Å². The maximum absolute atomic E-state index is 5.54. The Bertz CT molecular complexity index is 298. The van der Waals surface area contributed by atoms with Crippen LogP contribution < -0.4 is 0 Å². The minimum Gasteiger partial charge on any atom is -0.377 e. The number of hydrogen-bond acceptors (Lipinski definition) is 4. The largest absolute Gasteiger partial charge is 0.503 e. The van der Waals surface area contributed by atoms with Crippen LogP contribution in [0.5, 0.6) is 0 Å². The van der Waals surface area contributed by atoms with Gasteiger partial charge in [0.15, 0.2) is 0 Å². The third-order valence-electron chi connectivity index (χ3n) is 4.50. The molecule has 0 aromatic carbocycles. The molecule has 0 spiro atoms. The van der Waals surface area contributed by atoms with Gasteiger partial charge in [0, 0.05) is 39.1 Å². The Balaban J connectivity index is 3.64. The average Bonchev–Trinajstić information content (AvgIpc) is 2.55. The lowest BCUT2D eigenvalue weighted by Gasteiger charge is -2.30. The summed E-state index contributed by atoms with van der Waals surface area (Å²) < 4.78 is 16.6. The van der Waals surface area contributed by atoms with Crippen LogP contribution in [-0.4, -0.2) is 42.4 Å². The highest BCUT2D eigenvalue weighted by atomic mass is 28.4. The molecular weight excluding hydrogens is 306 g/mol. The second kappa shape index (κ2) is 14.1. The molecule has 138 valence electrons. The topological polar surface area (TPSA) is 40.0 Å². The van der Waals surface area contributed by atoms with Gasteiger partial charge in [0.1, 0.15) is 0 Å². The Labute approximate surface area is 145 Å². The SMILES string of the molecule is CCCC(C)=NCCCCCCCCC(C)[Si](OC)(OC)OC. The van der Waals surface area contributed by atoms with E-state index in [0.717, 1.165) is 19.4 Å². The zero-order chi connectivity index (χ0) is 17.6. The van der Waals surface area contributed by atoms with Gasteiger partial charge in [-0.15, -0.1) is 0 Å². The summed E-state index contributed by atoms with van der Waals surface area (Å²) in [5, 5.41) is 0. The van der Waals surface area contributed by atoms with E-state index in [0.29, 0.717) is 5.54 Å². The van der Waals surface area contributed by atoms with Gasteiger partial charge in [-0.25, -0.2) is 0 Å². The van der Waals surface area contributed by atoms with Crippen molar-refractivity contribution in [2.45, 2.75) is 84.1 Å². The first-order chi connectivity index (χ1) is 11.1. The van der Waals surface area contributed by atoms with Gasteiger partial charge < -0.3 is 13.3 Å². The quantitative estimate of drug-likeness (QED) is 0.231. The molecule has 0 saturated heterocycles. The molecule has 0 heterocycles. The van der Waals surface area contributed by atoms with Crippen LogP contribution in [0.25, 0.3) is 0 Å². The molecule has 1 unspecified atom stereocenters. The normalized spacial score (nSPS) is 14.3. The van der Waals surface area contributed by atoms with Gasteiger partial charge in [-0.3, -0.25) is 4.99 Å². The van der Waals surface area contributed by atoms with Crippen molar-refractivity contribution < 1.29 is 13.3 Å². The van der Waals surface area contributed by atoms with Crippen LogP contribution in [0.4, 0.5) is 0 Å². The fraction of sp³-hybridized carbons (Fsp3) is 0.944. The van der Waals surface area contributed by atoms with Crippen LogP contribution in [0.1, 0.15) is 78.6 Å². The van der Waals surface area contributed by atoms with Gasteiger partial charge in [0.25, 0.3) is 0 Å². The van der Waals surface area contributed by atoms with Crippen molar-refractivity contribution in [3.05, 3.63) is 0 Å². The summed E-state index contributed by atoms with van der Waals surface area (Å²) in [4.78, 5) is 4.61. The summed E-state index contributed by atoms with van der Waals surface area (Å²) in [7, 11) is 2.65. The minimum atomic E-state index is -2.44. The third-order valence-corrected chi connectivity index (χ3v) is 7.70. The number of hydrogen-bond donors (Lipinski definition) is 0. The number of aliphatic imine (C=N–C) groups is 1. The molecule has 5 heteroatoms. The zero-order valence-electron chi connectivity index (χ0n) is 16.3. The fourth-order valence-electron chi connectivity index (χ4n) is 3.01. The van der Waals surface area contributed by atoms with E-state index in [1.165, 1.54) is 50.7 Å². The van der Waals surface area contributed by atoms with E-state index in [1.54, 1.807) is 21.3 Å². The van der Waals surface area contributed by atoms with E-state index in [-0.39, 0.29) is 0 Å². The molecule has 0 aromatic rings. The summed E-state index contributed by atoms with van der Waals surface area (Å²) >= 11 is 0. The molecule has 0 bridgehead atoms. The molecular formula is C18H39NO3Si. The van der Waals surface area contributed by atoms with Crippen molar-refractivity contribution in [1.82, 2.24) is 0 Å². The summed E-state index contributed by atoms with van der Waals surface area (Å²) in [6.45, 7) is 7.54. The van der Waals surface area contributed by atoms with Crippen LogP contribution >= 0.6 is 0 Å². The number of unbranched alkanes of at least 4 members (excludes halogenated alkanes) is 5.